The molecule has 0 bridgehead atoms. The predicted molar refractivity (Wildman–Crippen MR) is 62.8 cm³/mol. The van der Waals surface area contributed by atoms with Crippen molar-refractivity contribution in [2.75, 3.05) is 13.2 Å². The molecule has 2 rings (SSSR count). The van der Waals surface area contributed by atoms with Crippen LogP contribution in [0.15, 0.2) is 24.3 Å². The van der Waals surface area contributed by atoms with E-state index in [0.717, 1.165) is 19.6 Å². The molecule has 2 nitrogen and oxygen atoms in total. The molecule has 0 saturated carbocycles. The number of hydrogen-bond acceptors (Lipinski definition) is 2. The summed E-state index contributed by atoms with van der Waals surface area (Å²) in [5.41, 5.74) is 1.20. The average molecular weight is 337 g/mol. The smallest absolute Gasteiger partial charge is 0.0809 e. The molecule has 1 aliphatic rings. The third-order valence-electron chi connectivity index (χ3n) is 2.38. The number of ether oxygens (including phenoxy) is 2. The minimum atomic E-state index is 0.324. The van der Waals surface area contributed by atoms with Gasteiger partial charge in [-0.1, -0.05) is 0 Å². The van der Waals surface area contributed by atoms with Crippen molar-refractivity contribution in [2.45, 2.75) is 25.6 Å². The van der Waals surface area contributed by atoms with E-state index in [9.17, 15) is 0 Å². The van der Waals surface area contributed by atoms with E-state index in [0.29, 0.717) is 12.7 Å². The van der Waals surface area contributed by atoms with E-state index in [1.165, 1.54) is 28.3 Å². The average Bonchev–Trinajstić information content (AvgIpc) is 2.86. The number of benzene rings is 1. The number of halogens is 1. The molecule has 0 spiro atoms. The maximum absolute atomic E-state index is 5.56. The van der Waals surface area contributed by atoms with Gasteiger partial charge in [0.2, 0.25) is 0 Å². The molecule has 0 aliphatic carbocycles. The first-order valence-corrected chi connectivity index (χ1v) is 12.3. The van der Waals surface area contributed by atoms with E-state index in [-0.39, 0.29) is 0 Å². The van der Waals surface area contributed by atoms with Crippen molar-refractivity contribution in [3.63, 3.8) is 0 Å². The van der Waals surface area contributed by atoms with Crippen molar-refractivity contribution in [3.05, 3.63) is 35.9 Å². The first kappa shape index (κ1) is 14.3. The molecule has 1 aliphatic heterocycles. The molecule has 1 aromatic rings. The molecule has 84 valence electrons. The summed E-state index contributed by atoms with van der Waals surface area (Å²) in [6.07, 6.45) is 2.64. The standard InChI is InChI=1S/C12H15O2.BrH.Zn/c1-2-5-11(6-3-1)9-13-10-12-7-4-8-14-12;;/h2-3,5-6,12H,4,7-10H2;1H;/q-1;;+2/p-1. The second-order valence-electron chi connectivity index (χ2n) is 3.56. The molecule has 1 atom stereocenters. The molecule has 1 fully saturated rings. The summed E-state index contributed by atoms with van der Waals surface area (Å²) in [5, 5.41) is 0. The maximum Gasteiger partial charge on any atom is 0.0809 e. The fraction of sp³-hybridized carbons (Fsp3) is 0.500. The van der Waals surface area contributed by atoms with Gasteiger partial charge in [-0.05, 0) is 12.8 Å². The molecule has 1 saturated heterocycles. The molecule has 0 aromatic heterocycles. The van der Waals surface area contributed by atoms with Crippen LogP contribution in [0.25, 0.3) is 0 Å². The van der Waals surface area contributed by atoms with E-state index in [1.54, 1.807) is 0 Å². The van der Waals surface area contributed by atoms with Crippen molar-refractivity contribution in [1.29, 1.82) is 0 Å². The molecule has 0 N–H and O–H groups in total. The van der Waals surface area contributed by atoms with Crippen LogP contribution in [-0.2, 0) is 32.4 Å². The van der Waals surface area contributed by atoms with Gasteiger partial charge >= 0.3 is 30.0 Å². The Balaban J connectivity index is 0.000000606. The summed E-state index contributed by atoms with van der Waals surface area (Å²) >= 11 is 4.25. The molecular weight excluding hydrogens is 321 g/mol. The van der Waals surface area contributed by atoms with E-state index in [1.807, 2.05) is 24.3 Å². The largest absolute Gasteiger partial charge is 0.376 e. The van der Waals surface area contributed by atoms with Gasteiger partial charge < -0.3 is 9.47 Å². The van der Waals surface area contributed by atoms with Crippen LogP contribution < -0.4 is 0 Å². The summed E-state index contributed by atoms with van der Waals surface area (Å²) in [6.45, 7) is 2.29. The van der Waals surface area contributed by atoms with E-state index >= 15 is 0 Å². The van der Waals surface area contributed by atoms with Gasteiger partial charge in [-0.25, -0.2) is 0 Å². The van der Waals surface area contributed by atoms with Gasteiger partial charge in [0, 0.05) is 13.2 Å². The minimum absolute atomic E-state index is 0.324. The summed E-state index contributed by atoms with van der Waals surface area (Å²) in [6, 6.07) is 10.8. The van der Waals surface area contributed by atoms with Crippen LogP contribution in [0.1, 0.15) is 18.4 Å². The topological polar surface area (TPSA) is 18.5 Å². The monoisotopic (exact) mass is 334 g/mol. The van der Waals surface area contributed by atoms with Crippen LogP contribution in [0.5, 0.6) is 0 Å². The van der Waals surface area contributed by atoms with Crippen LogP contribution in [0.3, 0.4) is 0 Å². The Morgan fingerprint density at radius 1 is 1.44 bits per heavy atom. The SMILES string of the molecule is [Zn+][Br].[c-]1ccc(COCC2CCCO2)cc1. The van der Waals surface area contributed by atoms with Gasteiger partial charge in [0.25, 0.3) is 0 Å². The molecule has 16 heavy (non-hydrogen) atoms. The summed E-state index contributed by atoms with van der Waals surface area (Å²) in [4.78, 5) is 0. The zero-order valence-corrected chi connectivity index (χ0v) is 13.9. The first-order chi connectivity index (χ1) is 7.95. The summed E-state index contributed by atoms with van der Waals surface area (Å²) < 4.78 is 11.0. The summed E-state index contributed by atoms with van der Waals surface area (Å²) in [7, 11) is 0. The van der Waals surface area contributed by atoms with Crippen molar-refractivity contribution in [2.24, 2.45) is 0 Å². The molecule has 0 amide bonds. The van der Waals surface area contributed by atoms with Crippen LogP contribution in [-0.4, -0.2) is 19.3 Å². The van der Waals surface area contributed by atoms with Gasteiger partial charge in [0.05, 0.1) is 12.7 Å². The minimum Gasteiger partial charge on any atom is -0.376 e. The van der Waals surface area contributed by atoms with Gasteiger partial charge in [-0.15, -0.1) is 5.56 Å². The van der Waals surface area contributed by atoms with Gasteiger partial charge in [0.15, 0.2) is 0 Å². The van der Waals surface area contributed by atoms with Gasteiger partial charge in [-0.2, -0.15) is 30.3 Å². The summed E-state index contributed by atoms with van der Waals surface area (Å²) in [5.74, 6) is 0. The van der Waals surface area contributed by atoms with Crippen LogP contribution in [0.2, 0.25) is 0 Å². The third kappa shape index (κ3) is 5.54. The van der Waals surface area contributed by atoms with Crippen LogP contribution in [0.4, 0.5) is 0 Å². The second-order valence-corrected chi connectivity index (χ2v) is 3.56. The number of rotatable bonds is 4. The molecule has 1 heterocycles. The maximum atomic E-state index is 5.56. The predicted octanol–water partition coefficient (Wildman–Crippen LogP) is 3.03. The van der Waals surface area contributed by atoms with Crippen LogP contribution >= 0.6 is 13.6 Å². The Kier molecular flexibility index (Phi) is 8.31. The van der Waals surface area contributed by atoms with Crippen molar-refractivity contribution >= 4 is 13.6 Å². The number of hydrogen-bond donors (Lipinski definition) is 0. The van der Waals surface area contributed by atoms with E-state index in [4.69, 9.17) is 9.47 Å². The Labute approximate surface area is 114 Å². The second kappa shape index (κ2) is 9.29. The fourth-order valence-electron chi connectivity index (χ4n) is 1.60. The zero-order chi connectivity index (χ0) is 11.6. The van der Waals surface area contributed by atoms with Crippen molar-refractivity contribution in [1.82, 2.24) is 0 Å². The Hall–Kier alpha value is 0.243. The fourth-order valence-corrected chi connectivity index (χ4v) is 1.60. The molecule has 1 aromatic carbocycles. The quantitative estimate of drug-likeness (QED) is 0.621. The Bertz CT molecular complexity index is 263. The van der Waals surface area contributed by atoms with Crippen molar-refractivity contribution in [3.8, 4) is 0 Å². The normalized spacial score (nSPS) is 19.1. The Morgan fingerprint density at radius 3 is 2.81 bits per heavy atom. The zero-order valence-electron chi connectivity index (χ0n) is 9.32. The van der Waals surface area contributed by atoms with E-state index < -0.39 is 0 Å². The van der Waals surface area contributed by atoms with Crippen molar-refractivity contribution < 1.29 is 25.8 Å². The third-order valence-corrected chi connectivity index (χ3v) is 2.38. The van der Waals surface area contributed by atoms with E-state index in [2.05, 4.69) is 19.7 Å². The van der Waals surface area contributed by atoms with Crippen LogP contribution in [0, 0.1) is 6.07 Å². The molecule has 0 radical (unpaired) electrons. The van der Waals surface area contributed by atoms with Gasteiger partial charge in [0.1, 0.15) is 0 Å². The molecule has 1 unspecified atom stereocenters. The van der Waals surface area contributed by atoms with Gasteiger partial charge in [-0.3, -0.25) is 0 Å². The Morgan fingerprint density at radius 2 is 2.19 bits per heavy atom. The first-order valence-electron chi connectivity index (χ1n) is 5.36. The molecular formula is C12H15BrO2Zn. The molecule has 4 heteroatoms.